The van der Waals surface area contributed by atoms with Crippen molar-refractivity contribution in [1.29, 1.82) is 0 Å². The molecule has 0 spiro atoms. The summed E-state index contributed by atoms with van der Waals surface area (Å²) in [6.45, 7) is 4.56. The van der Waals surface area contributed by atoms with Crippen molar-refractivity contribution in [3.05, 3.63) is 89.3 Å². The lowest BCUT2D eigenvalue weighted by Gasteiger charge is -2.27. The molecule has 0 saturated heterocycles. The Kier molecular flexibility index (Phi) is 12.4. The number of hydrogen-bond donors (Lipinski definition) is 1. The molecule has 284 valence electrons. The van der Waals surface area contributed by atoms with Crippen LogP contribution in [0.4, 0.5) is 11.4 Å². The van der Waals surface area contributed by atoms with Crippen LogP contribution >= 0.6 is 0 Å². The average molecular weight is 738 g/mol. The topological polar surface area (TPSA) is 115 Å². The highest BCUT2D eigenvalue weighted by Gasteiger charge is 2.23. The van der Waals surface area contributed by atoms with Crippen molar-refractivity contribution in [2.45, 2.75) is 13.5 Å². The van der Waals surface area contributed by atoms with Gasteiger partial charge >= 0.3 is 11.9 Å². The van der Waals surface area contributed by atoms with Gasteiger partial charge in [0.05, 0.1) is 44.9 Å². The number of carbonyl (C=O) groups is 2. The van der Waals surface area contributed by atoms with Crippen LogP contribution in [0.15, 0.2) is 77.2 Å². The number of benzene rings is 4. The summed E-state index contributed by atoms with van der Waals surface area (Å²) in [4.78, 5) is 28.9. The molecule has 0 unspecified atom stereocenters. The summed E-state index contributed by atoms with van der Waals surface area (Å²) in [7, 11) is 8.69. The third-order valence-electron chi connectivity index (χ3n) is 9.42. The molecule has 0 radical (unpaired) electrons. The summed E-state index contributed by atoms with van der Waals surface area (Å²) in [5.74, 6) is 1.19. The van der Waals surface area contributed by atoms with Gasteiger partial charge in [-0.25, -0.2) is 4.58 Å². The molecule has 2 heterocycles. The van der Waals surface area contributed by atoms with Gasteiger partial charge in [-0.15, -0.1) is 0 Å². The van der Waals surface area contributed by atoms with Gasteiger partial charge in [-0.2, -0.15) is 0 Å². The Hall–Kier alpha value is -5.59. The van der Waals surface area contributed by atoms with E-state index in [4.69, 9.17) is 28.1 Å². The molecule has 3 aromatic carbocycles. The number of carbonyl (C=O) groups excluding carboxylic acids is 2. The van der Waals surface area contributed by atoms with Crippen LogP contribution in [-0.4, -0.2) is 99.9 Å². The Morgan fingerprint density at radius 1 is 0.778 bits per heavy atom. The quantitative estimate of drug-likeness (QED) is 0.142. The molecular formula is C42H49N4O8+. The number of nitrogens with one attached hydrogen (secondary N) is 1. The molecule has 0 amide bonds. The first-order valence-electron chi connectivity index (χ1n) is 18.1. The van der Waals surface area contributed by atoms with Gasteiger partial charge in [-0.05, 0) is 67.1 Å². The summed E-state index contributed by atoms with van der Waals surface area (Å²) in [5.41, 5.74) is 7.24. The van der Waals surface area contributed by atoms with Crippen LogP contribution < -0.4 is 34.5 Å². The Bertz CT molecular complexity index is 2160. The molecule has 0 aromatic heterocycles. The number of fused-ring (bicyclic) bond motifs is 4. The number of aryl methyl sites for hydroxylation is 1. The van der Waals surface area contributed by atoms with E-state index in [0.29, 0.717) is 50.0 Å². The molecule has 12 heteroatoms. The SMILES string of the molecule is CNCc1ccc2c(-c3ccc4c(c3)OCCOc3cc(C)ccc3N(CC(=O)OC)CCOCCN4CC(=O)OC)c3ccc(=[N+](C)C)cc-3oc2c1. The summed E-state index contributed by atoms with van der Waals surface area (Å²) < 4.78 is 37.7. The minimum absolute atomic E-state index is 0.0110. The normalized spacial score (nSPS) is 13.9. The first-order valence-corrected chi connectivity index (χ1v) is 18.1. The Balaban J connectivity index is 1.45. The molecule has 12 nitrogen and oxygen atoms in total. The smallest absolute Gasteiger partial charge is 0.325 e. The van der Waals surface area contributed by atoms with Crippen molar-refractivity contribution in [1.82, 2.24) is 9.89 Å². The number of anilines is 2. The molecule has 0 fully saturated rings. The van der Waals surface area contributed by atoms with Gasteiger partial charge in [0.25, 0.3) is 0 Å². The van der Waals surface area contributed by atoms with Crippen molar-refractivity contribution in [3.8, 4) is 33.9 Å². The van der Waals surface area contributed by atoms with E-state index in [1.165, 1.54) is 14.2 Å². The van der Waals surface area contributed by atoms with E-state index in [1.54, 1.807) is 0 Å². The number of methoxy groups -OCH3 is 2. The van der Waals surface area contributed by atoms with Crippen LogP contribution in [0.1, 0.15) is 11.1 Å². The third-order valence-corrected chi connectivity index (χ3v) is 9.42. The highest BCUT2D eigenvalue weighted by Crippen LogP contribution is 2.43. The van der Waals surface area contributed by atoms with E-state index in [0.717, 1.165) is 55.6 Å². The van der Waals surface area contributed by atoms with Gasteiger partial charge in [0.2, 0.25) is 5.36 Å². The zero-order chi connectivity index (χ0) is 38.2. The van der Waals surface area contributed by atoms with Crippen molar-refractivity contribution >= 4 is 34.3 Å². The van der Waals surface area contributed by atoms with E-state index in [1.807, 2.05) is 68.2 Å². The first-order chi connectivity index (χ1) is 26.2. The minimum atomic E-state index is -0.392. The van der Waals surface area contributed by atoms with Gasteiger partial charge in [0.1, 0.15) is 63.2 Å². The molecule has 0 bridgehead atoms. The maximum atomic E-state index is 12.7. The lowest BCUT2D eigenvalue weighted by molar-refractivity contribution is -0.139. The fourth-order valence-corrected chi connectivity index (χ4v) is 6.64. The molecule has 1 aliphatic carbocycles. The molecule has 0 atom stereocenters. The number of rotatable bonds is 7. The molecule has 54 heavy (non-hydrogen) atoms. The molecule has 0 saturated carbocycles. The maximum Gasteiger partial charge on any atom is 0.325 e. The van der Waals surface area contributed by atoms with Crippen molar-refractivity contribution < 1.29 is 37.7 Å². The van der Waals surface area contributed by atoms with Gasteiger partial charge in [0.15, 0.2) is 0 Å². The van der Waals surface area contributed by atoms with Gasteiger partial charge in [-0.1, -0.05) is 24.3 Å². The van der Waals surface area contributed by atoms with Crippen molar-refractivity contribution in [2.24, 2.45) is 0 Å². The summed E-state index contributed by atoms with van der Waals surface area (Å²) in [6.07, 6.45) is 0. The first kappa shape index (κ1) is 38.1. The van der Waals surface area contributed by atoms with Crippen LogP contribution in [0.2, 0.25) is 0 Å². The number of nitrogens with zero attached hydrogens (tertiary/aromatic N) is 3. The predicted octanol–water partition coefficient (Wildman–Crippen LogP) is 4.71. The summed E-state index contributed by atoms with van der Waals surface area (Å²) in [6, 6.07) is 24.5. The second kappa shape index (κ2) is 17.5. The van der Waals surface area contributed by atoms with E-state index in [9.17, 15) is 9.59 Å². The number of ether oxygens (including phenoxy) is 5. The van der Waals surface area contributed by atoms with E-state index >= 15 is 0 Å². The van der Waals surface area contributed by atoms with Crippen LogP contribution in [0.3, 0.4) is 0 Å². The zero-order valence-corrected chi connectivity index (χ0v) is 31.9. The Morgan fingerprint density at radius 3 is 2.06 bits per heavy atom. The minimum Gasteiger partial charge on any atom is -0.488 e. The maximum absolute atomic E-state index is 12.7. The van der Waals surface area contributed by atoms with Gasteiger partial charge in [0, 0.05) is 42.2 Å². The predicted molar refractivity (Wildman–Crippen MR) is 210 cm³/mol. The highest BCUT2D eigenvalue weighted by molar-refractivity contribution is 6.02. The summed E-state index contributed by atoms with van der Waals surface area (Å²) >= 11 is 0. The molecule has 1 N–H and O–H groups in total. The van der Waals surface area contributed by atoms with Crippen LogP contribution in [-0.2, 0) is 30.3 Å². The lowest BCUT2D eigenvalue weighted by Crippen LogP contribution is -2.36. The fourth-order valence-electron chi connectivity index (χ4n) is 6.64. The van der Waals surface area contributed by atoms with Crippen molar-refractivity contribution in [2.75, 3.05) is 97.8 Å². The third kappa shape index (κ3) is 8.78. The van der Waals surface area contributed by atoms with Crippen LogP contribution in [0.25, 0.3) is 33.4 Å². The number of hydrogen-bond acceptors (Lipinski definition) is 11. The Labute approximate surface area is 315 Å². The fraction of sp³-hybridized carbons (Fsp3) is 0.357. The largest absolute Gasteiger partial charge is 0.488 e. The van der Waals surface area contributed by atoms with Crippen LogP contribution in [0, 0.1) is 6.92 Å². The number of esters is 2. The van der Waals surface area contributed by atoms with Crippen LogP contribution in [0.5, 0.6) is 11.5 Å². The van der Waals surface area contributed by atoms with Gasteiger partial charge < -0.3 is 43.2 Å². The standard InChI is InChI=1S/C42H49N4O8/c1-28-7-13-34-38(21-28)52-19-20-53-39-23-30(9-14-35(39)46(27-41(48)50-6)16-18-51-17-15-45(34)26-40(47)49-5)42-32-11-8-29(25-43-2)22-36(32)54-37-24-31(44(3)4)10-12-33(37)42/h7-14,21-24,43H,15-20,25-27H2,1-6H3/q+1. The van der Waals surface area contributed by atoms with Gasteiger partial charge in [-0.3, -0.25) is 9.59 Å². The average Bonchev–Trinajstić information content (AvgIpc) is 3.17. The van der Waals surface area contributed by atoms with E-state index < -0.39 is 5.97 Å². The van der Waals surface area contributed by atoms with Crippen molar-refractivity contribution in [3.63, 3.8) is 0 Å². The molecular weight excluding hydrogens is 688 g/mol. The molecule has 2 aliphatic heterocycles. The molecule has 3 aromatic rings. The van der Waals surface area contributed by atoms with E-state index in [-0.39, 0.29) is 32.3 Å². The van der Waals surface area contributed by atoms with E-state index in [2.05, 4.69) is 52.4 Å². The lowest BCUT2D eigenvalue weighted by atomic mass is 9.92. The molecule has 3 aliphatic rings. The second-order valence-corrected chi connectivity index (χ2v) is 13.4. The highest BCUT2D eigenvalue weighted by atomic mass is 16.5. The summed E-state index contributed by atoms with van der Waals surface area (Å²) in [5, 5.41) is 5.22. The second-order valence-electron chi connectivity index (χ2n) is 13.4. The monoisotopic (exact) mass is 737 g/mol. The Morgan fingerprint density at radius 2 is 1.43 bits per heavy atom. The zero-order valence-electron chi connectivity index (χ0n) is 31.9. The molecule has 6 rings (SSSR count).